The number of benzene rings is 1. The Morgan fingerprint density at radius 3 is 2.87 bits per heavy atom. The molecule has 2 aromatic rings. The predicted octanol–water partition coefficient (Wildman–Crippen LogP) is 3.01. The Morgan fingerprint density at radius 1 is 1.30 bits per heavy atom. The Hall–Kier alpha value is -2.20. The lowest BCUT2D eigenvalue weighted by molar-refractivity contribution is -0.143. The number of rotatable bonds is 5. The highest BCUT2D eigenvalue weighted by molar-refractivity contribution is 5.71. The molecule has 0 amide bonds. The van der Waals surface area contributed by atoms with Gasteiger partial charge in [0.05, 0.1) is 13.0 Å². The normalized spacial score (nSPS) is 18.0. The number of carbonyl (C=O) groups is 1. The molecule has 1 aromatic carbocycles. The molecule has 1 N–H and O–H groups in total. The second kappa shape index (κ2) is 7.38. The van der Waals surface area contributed by atoms with Crippen LogP contribution in [0.4, 0.5) is 0 Å². The number of nitrogens with zero attached hydrogens (tertiary/aromatic N) is 1. The van der Waals surface area contributed by atoms with Crippen molar-refractivity contribution in [1.82, 2.24) is 10.3 Å². The Labute approximate surface area is 136 Å². The third kappa shape index (κ3) is 3.59. The number of ether oxygens (including phenoxy) is 1. The van der Waals surface area contributed by atoms with Gasteiger partial charge in [-0.3, -0.25) is 9.78 Å². The van der Waals surface area contributed by atoms with Gasteiger partial charge in [0.2, 0.25) is 0 Å². The summed E-state index contributed by atoms with van der Waals surface area (Å²) in [6, 6.07) is 12.6. The van der Waals surface area contributed by atoms with E-state index in [0.717, 1.165) is 18.5 Å². The van der Waals surface area contributed by atoms with Gasteiger partial charge in [-0.1, -0.05) is 24.3 Å². The van der Waals surface area contributed by atoms with Crippen molar-refractivity contribution in [2.24, 2.45) is 0 Å². The Morgan fingerprint density at radius 2 is 2.09 bits per heavy atom. The van der Waals surface area contributed by atoms with E-state index < -0.39 is 0 Å². The molecule has 0 radical (unpaired) electrons. The molecule has 3 rings (SSSR count). The molecule has 0 aliphatic carbocycles. The Balaban J connectivity index is 1.94. The maximum Gasteiger partial charge on any atom is 0.306 e. The van der Waals surface area contributed by atoms with E-state index in [0.29, 0.717) is 13.0 Å². The lowest BCUT2D eigenvalue weighted by Gasteiger charge is -2.33. The molecule has 0 saturated carbocycles. The summed E-state index contributed by atoms with van der Waals surface area (Å²) in [6.45, 7) is 3.18. The fourth-order valence-corrected chi connectivity index (χ4v) is 3.33. The number of carbonyl (C=O) groups excluding carboxylic acids is 1. The van der Waals surface area contributed by atoms with Gasteiger partial charge in [0.1, 0.15) is 0 Å². The zero-order valence-corrected chi connectivity index (χ0v) is 13.4. The van der Waals surface area contributed by atoms with Crippen LogP contribution >= 0.6 is 0 Å². The SMILES string of the molecule is CCOC(=O)CC(c1ccncc1)C1NCCc2ccccc21. The summed E-state index contributed by atoms with van der Waals surface area (Å²) >= 11 is 0. The molecule has 1 aliphatic rings. The number of pyridine rings is 1. The van der Waals surface area contributed by atoms with Crippen LogP contribution in [-0.4, -0.2) is 24.1 Å². The van der Waals surface area contributed by atoms with E-state index in [1.54, 1.807) is 12.4 Å². The van der Waals surface area contributed by atoms with Crippen molar-refractivity contribution >= 4 is 5.97 Å². The summed E-state index contributed by atoms with van der Waals surface area (Å²) in [5.41, 5.74) is 3.76. The number of hydrogen-bond acceptors (Lipinski definition) is 4. The van der Waals surface area contributed by atoms with Crippen molar-refractivity contribution in [2.75, 3.05) is 13.2 Å². The topological polar surface area (TPSA) is 51.2 Å². The highest BCUT2D eigenvalue weighted by Gasteiger charge is 2.30. The minimum atomic E-state index is -0.154. The maximum atomic E-state index is 12.1. The molecule has 120 valence electrons. The van der Waals surface area contributed by atoms with E-state index in [2.05, 4.69) is 34.6 Å². The van der Waals surface area contributed by atoms with Crippen LogP contribution in [0.25, 0.3) is 0 Å². The zero-order chi connectivity index (χ0) is 16.1. The standard InChI is InChI=1S/C19H22N2O2/c1-2-23-18(22)13-17(15-7-10-20-11-8-15)19-16-6-4-3-5-14(16)9-12-21-19/h3-8,10-11,17,19,21H,2,9,12-13H2,1H3. The van der Waals surface area contributed by atoms with Crippen molar-refractivity contribution in [1.29, 1.82) is 0 Å². The van der Waals surface area contributed by atoms with Crippen LogP contribution in [0.2, 0.25) is 0 Å². The van der Waals surface area contributed by atoms with Crippen LogP contribution < -0.4 is 5.32 Å². The second-order valence-corrected chi connectivity index (χ2v) is 5.78. The average molecular weight is 310 g/mol. The Bertz CT molecular complexity index is 657. The molecule has 0 bridgehead atoms. The van der Waals surface area contributed by atoms with Gasteiger partial charge in [-0.25, -0.2) is 0 Å². The molecule has 2 unspecified atom stereocenters. The van der Waals surface area contributed by atoms with Crippen LogP contribution in [-0.2, 0) is 16.0 Å². The van der Waals surface area contributed by atoms with Crippen molar-refractivity contribution in [2.45, 2.75) is 31.7 Å². The molecule has 0 fully saturated rings. The van der Waals surface area contributed by atoms with Gasteiger partial charge >= 0.3 is 5.97 Å². The number of esters is 1. The minimum absolute atomic E-state index is 0.0403. The van der Waals surface area contributed by atoms with Gasteiger partial charge in [0.25, 0.3) is 0 Å². The van der Waals surface area contributed by atoms with Gasteiger partial charge in [0.15, 0.2) is 0 Å². The first-order chi connectivity index (χ1) is 11.3. The summed E-state index contributed by atoms with van der Waals surface area (Å²) in [7, 11) is 0. The average Bonchev–Trinajstić information content (AvgIpc) is 2.60. The monoisotopic (exact) mass is 310 g/mol. The molecule has 1 aliphatic heterocycles. The molecule has 1 aromatic heterocycles. The highest BCUT2D eigenvalue weighted by atomic mass is 16.5. The van der Waals surface area contributed by atoms with Crippen LogP contribution in [0.3, 0.4) is 0 Å². The van der Waals surface area contributed by atoms with Crippen molar-refractivity contribution in [3.05, 3.63) is 65.5 Å². The molecular weight excluding hydrogens is 288 g/mol. The summed E-state index contributed by atoms with van der Waals surface area (Å²) < 4.78 is 5.19. The lowest BCUT2D eigenvalue weighted by atomic mass is 9.81. The number of aromatic nitrogens is 1. The molecular formula is C19H22N2O2. The van der Waals surface area contributed by atoms with E-state index >= 15 is 0 Å². The van der Waals surface area contributed by atoms with E-state index in [-0.39, 0.29) is 17.9 Å². The molecule has 0 saturated heterocycles. The fourth-order valence-electron chi connectivity index (χ4n) is 3.33. The number of fused-ring (bicyclic) bond motifs is 1. The molecule has 2 atom stereocenters. The van der Waals surface area contributed by atoms with E-state index in [1.165, 1.54) is 11.1 Å². The number of nitrogens with one attached hydrogen (secondary N) is 1. The van der Waals surface area contributed by atoms with Gasteiger partial charge in [0, 0.05) is 24.4 Å². The van der Waals surface area contributed by atoms with E-state index in [4.69, 9.17) is 4.74 Å². The summed E-state index contributed by atoms with van der Waals surface area (Å²) in [6.07, 6.45) is 4.95. The Kier molecular flexibility index (Phi) is 5.03. The van der Waals surface area contributed by atoms with Crippen molar-refractivity contribution in [3.8, 4) is 0 Å². The first-order valence-electron chi connectivity index (χ1n) is 8.16. The first kappa shape index (κ1) is 15.7. The second-order valence-electron chi connectivity index (χ2n) is 5.78. The zero-order valence-electron chi connectivity index (χ0n) is 13.4. The summed E-state index contributed by atoms with van der Waals surface area (Å²) in [5.74, 6) is -0.113. The quantitative estimate of drug-likeness (QED) is 0.863. The van der Waals surface area contributed by atoms with Gasteiger partial charge in [-0.15, -0.1) is 0 Å². The smallest absolute Gasteiger partial charge is 0.306 e. The molecule has 2 heterocycles. The van der Waals surface area contributed by atoms with Gasteiger partial charge < -0.3 is 10.1 Å². The fraction of sp³-hybridized carbons (Fsp3) is 0.368. The maximum absolute atomic E-state index is 12.1. The van der Waals surface area contributed by atoms with Crippen LogP contribution in [0.15, 0.2) is 48.8 Å². The van der Waals surface area contributed by atoms with Gasteiger partial charge in [-0.2, -0.15) is 0 Å². The molecule has 0 spiro atoms. The molecule has 4 heteroatoms. The largest absolute Gasteiger partial charge is 0.466 e. The van der Waals surface area contributed by atoms with E-state index in [9.17, 15) is 4.79 Å². The third-order valence-electron chi connectivity index (χ3n) is 4.38. The van der Waals surface area contributed by atoms with E-state index in [1.807, 2.05) is 19.1 Å². The predicted molar refractivity (Wildman–Crippen MR) is 89.1 cm³/mol. The minimum Gasteiger partial charge on any atom is -0.466 e. The highest BCUT2D eigenvalue weighted by Crippen LogP contribution is 2.37. The van der Waals surface area contributed by atoms with Crippen LogP contribution in [0, 0.1) is 0 Å². The van der Waals surface area contributed by atoms with Crippen LogP contribution in [0.5, 0.6) is 0 Å². The van der Waals surface area contributed by atoms with Crippen molar-refractivity contribution < 1.29 is 9.53 Å². The first-order valence-corrected chi connectivity index (χ1v) is 8.16. The summed E-state index contributed by atoms with van der Waals surface area (Å²) in [4.78, 5) is 16.2. The molecule has 23 heavy (non-hydrogen) atoms. The summed E-state index contributed by atoms with van der Waals surface area (Å²) in [5, 5.41) is 3.59. The molecule has 4 nitrogen and oxygen atoms in total. The van der Waals surface area contributed by atoms with Crippen molar-refractivity contribution in [3.63, 3.8) is 0 Å². The van der Waals surface area contributed by atoms with Gasteiger partial charge in [-0.05, 0) is 48.7 Å². The van der Waals surface area contributed by atoms with Crippen LogP contribution in [0.1, 0.15) is 42.0 Å². The lowest BCUT2D eigenvalue weighted by Crippen LogP contribution is -2.35. The number of hydrogen-bond donors (Lipinski definition) is 1. The third-order valence-corrected chi connectivity index (χ3v) is 4.38.